The topological polar surface area (TPSA) is 84.4 Å². The van der Waals surface area contributed by atoms with Crippen molar-refractivity contribution in [2.75, 3.05) is 20.2 Å². The van der Waals surface area contributed by atoms with Crippen molar-refractivity contribution in [1.82, 2.24) is 20.2 Å². The van der Waals surface area contributed by atoms with Gasteiger partial charge in [-0.25, -0.2) is 9.78 Å². The zero-order valence-electron chi connectivity index (χ0n) is 11.7. The number of carbonyl (C=O) groups excluding carboxylic acids is 2. The van der Waals surface area contributed by atoms with E-state index in [9.17, 15) is 9.59 Å². The highest BCUT2D eigenvalue weighted by Crippen LogP contribution is 2.18. The third kappa shape index (κ3) is 4.04. The van der Waals surface area contributed by atoms with Crippen LogP contribution in [0.25, 0.3) is 0 Å². The molecule has 1 saturated heterocycles. The molecule has 1 fully saturated rings. The largest absolute Gasteiger partial charge is 0.469 e. The maximum atomic E-state index is 12.0. The molecule has 1 N–H and O–H groups in total. The average molecular weight is 313 g/mol. The number of methoxy groups -OCH3 is 1. The summed E-state index contributed by atoms with van der Waals surface area (Å²) in [5.41, 5.74) is 0.525. The predicted molar refractivity (Wildman–Crippen MR) is 75.6 cm³/mol. The van der Waals surface area contributed by atoms with Crippen molar-refractivity contribution in [2.24, 2.45) is 5.92 Å². The van der Waals surface area contributed by atoms with Gasteiger partial charge in [0.25, 0.3) is 0 Å². The van der Waals surface area contributed by atoms with E-state index in [-0.39, 0.29) is 29.6 Å². The van der Waals surface area contributed by atoms with Crippen molar-refractivity contribution < 1.29 is 14.3 Å². The number of amides is 2. The molecule has 1 aromatic heterocycles. The van der Waals surface area contributed by atoms with Crippen molar-refractivity contribution in [3.05, 3.63) is 23.2 Å². The lowest BCUT2D eigenvalue weighted by atomic mass is 9.97. The number of nitrogens with one attached hydrogen (secondary N) is 1. The van der Waals surface area contributed by atoms with E-state index in [0.29, 0.717) is 31.6 Å². The number of nitrogens with zero attached hydrogens (tertiary/aromatic N) is 3. The summed E-state index contributed by atoms with van der Waals surface area (Å²) in [4.78, 5) is 33.1. The van der Waals surface area contributed by atoms with Crippen molar-refractivity contribution in [2.45, 2.75) is 19.4 Å². The molecule has 0 saturated carbocycles. The summed E-state index contributed by atoms with van der Waals surface area (Å²) in [5, 5.41) is 3.03. The maximum absolute atomic E-state index is 12.0. The van der Waals surface area contributed by atoms with Crippen molar-refractivity contribution in [3.63, 3.8) is 0 Å². The maximum Gasteiger partial charge on any atom is 0.317 e. The number of rotatable bonds is 3. The minimum Gasteiger partial charge on any atom is -0.469 e. The molecule has 0 atom stereocenters. The molecule has 1 aliphatic rings. The fourth-order valence-corrected chi connectivity index (χ4v) is 2.40. The molecule has 1 aliphatic heterocycles. The number of esters is 1. The van der Waals surface area contributed by atoms with Crippen molar-refractivity contribution in [1.29, 1.82) is 0 Å². The summed E-state index contributed by atoms with van der Waals surface area (Å²) in [6.45, 7) is 1.28. The molecule has 8 heteroatoms. The van der Waals surface area contributed by atoms with E-state index < -0.39 is 0 Å². The number of halogens is 1. The van der Waals surface area contributed by atoms with Gasteiger partial charge in [-0.2, -0.15) is 0 Å². The van der Waals surface area contributed by atoms with Gasteiger partial charge in [0, 0.05) is 25.5 Å². The Hall–Kier alpha value is -1.89. The highest BCUT2D eigenvalue weighted by molar-refractivity contribution is 6.29. The molecular weight excluding hydrogens is 296 g/mol. The highest BCUT2D eigenvalue weighted by Gasteiger charge is 2.27. The van der Waals surface area contributed by atoms with Gasteiger partial charge in [0.15, 0.2) is 5.15 Å². The van der Waals surface area contributed by atoms with Crippen LogP contribution in [0.15, 0.2) is 12.4 Å². The Morgan fingerprint density at radius 3 is 2.67 bits per heavy atom. The molecule has 2 heterocycles. The van der Waals surface area contributed by atoms with Crippen LogP contribution in [0.2, 0.25) is 5.15 Å². The van der Waals surface area contributed by atoms with Crippen LogP contribution in [0.5, 0.6) is 0 Å². The summed E-state index contributed by atoms with van der Waals surface area (Å²) in [6.07, 6.45) is 4.25. The van der Waals surface area contributed by atoms with Crippen molar-refractivity contribution >= 4 is 23.6 Å². The first-order valence-electron chi connectivity index (χ1n) is 6.67. The Kier molecular flexibility index (Phi) is 5.32. The number of aromatic nitrogens is 2. The number of ether oxygens (including phenoxy) is 1. The van der Waals surface area contributed by atoms with Crippen LogP contribution in [0.4, 0.5) is 4.79 Å². The van der Waals surface area contributed by atoms with Crippen LogP contribution in [0.3, 0.4) is 0 Å². The lowest BCUT2D eigenvalue weighted by Gasteiger charge is -2.30. The molecule has 2 rings (SSSR count). The number of carbonyl (C=O) groups is 2. The number of hydrogen-bond acceptors (Lipinski definition) is 5. The van der Waals surface area contributed by atoms with E-state index in [1.54, 1.807) is 4.90 Å². The minimum atomic E-state index is -0.207. The lowest BCUT2D eigenvalue weighted by molar-refractivity contribution is -0.146. The summed E-state index contributed by atoms with van der Waals surface area (Å²) < 4.78 is 4.72. The summed E-state index contributed by atoms with van der Waals surface area (Å²) in [7, 11) is 1.38. The Morgan fingerprint density at radius 2 is 2.05 bits per heavy atom. The van der Waals surface area contributed by atoms with Crippen LogP contribution in [0, 0.1) is 5.92 Å². The van der Waals surface area contributed by atoms with E-state index in [2.05, 4.69) is 15.3 Å². The Balaban J connectivity index is 1.80. The average Bonchev–Trinajstić information content (AvgIpc) is 2.53. The predicted octanol–water partition coefficient (Wildman–Crippen LogP) is 1.22. The smallest absolute Gasteiger partial charge is 0.317 e. The second-order valence-corrected chi connectivity index (χ2v) is 5.10. The molecule has 7 nitrogen and oxygen atoms in total. The molecule has 0 radical (unpaired) electrons. The van der Waals surface area contributed by atoms with Crippen LogP contribution in [-0.2, 0) is 16.1 Å². The van der Waals surface area contributed by atoms with Crippen LogP contribution < -0.4 is 5.32 Å². The lowest BCUT2D eigenvalue weighted by Crippen LogP contribution is -2.45. The van der Waals surface area contributed by atoms with Gasteiger partial charge in [-0.05, 0) is 12.8 Å². The van der Waals surface area contributed by atoms with Gasteiger partial charge < -0.3 is 15.0 Å². The highest BCUT2D eigenvalue weighted by atomic mass is 35.5. The number of urea groups is 1. The van der Waals surface area contributed by atoms with Gasteiger partial charge in [0.2, 0.25) is 0 Å². The van der Waals surface area contributed by atoms with Gasteiger partial charge in [0.1, 0.15) is 0 Å². The van der Waals surface area contributed by atoms with Crippen LogP contribution >= 0.6 is 11.6 Å². The monoisotopic (exact) mass is 312 g/mol. The molecule has 2 amide bonds. The van der Waals surface area contributed by atoms with Gasteiger partial charge in [-0.3, -0.25) is 9.78 Å². The molecule has 0 aromatic carbocycles. The summed E-state index contributed by atoms with van der Waals surface area (Å²) in [6, 6.07) is -0.194. The summed E-state index contributed by atoms with van der Waals surface area (Å²) >= 11 is 5.87. The molecule has 21 heavy (non-hydrogen) atoms. The van der Waals surface area contributed by atoms with Gasteiger partial charge in [-0.15, -0.1) is 0 Å². The van der Waals surface area contributed by atoms with Crippen molar-refractivity contribution in [3.8, 4) is 0 Å². The minimum absolute atomic E-state index is 0.117. The molecule has 0 unspecified atom stereocenters. The standard InChI is InChI=1S/C13H17ClN4O3/c1-21-12(19)9-2-6-18(7-3-9)13(20)17-8-10-11(14)16-5-4-15-10/h4-5,9H,2-3,6-8H2,1H3,(H,17,20). The van der Waals surface area contributed by atoms with Gasteiger partial charge >= 0.3 is 12.0 Å². The van der Waals surface area contributed by atoms with E-state index in [1.165, 1.54) is 19.5 Å². The quantitative estimate of drug-likeness (QED) is 0.848. The van der Waals surface area contributed by atoms with E-state index >= 15 is 0 Å². The molecule has 0 spiro atoms. The van der Waals surface area contributed by atoms with E-state index in [1.807, 2.05) is 0 Å². The van der Waals surface area contributed by atoms with E-state index in [0.717, 1.165) is 0 Å². The number of hydrogen-bond donors (Lipinski definition) is 1. The fraction of sp³-hybridized carbons (Fsp3) is 0.538. The molecule has 114 valence electrons. The first kappa shape index (κ1) is 15.5. The molecule has 1 aromatic rings. The Labute approximate surface area is 127 Å². The van der Waals surface area contributed by atoms with Crippen LogP contribution in [0.1, 0.15) is 18.5 Å². The third-order valence-electron chi connectivity index (χ3n) is 3.45. The second-order valence-electron chi connectivity index (χ2n) is 4.74. The summed E-state index contributed by atoms with van der Waals surface area (Å²) in [5.74, 6) is -0.324. The zero-order valence-corrected chi connectivity index (χ0v) is 12.5. The zero-order chi connectivity index (χ0) is 15.2. The SMILES string of the molecule is COC(=O)C1CCN(C(=O)NCc2nccnc2Cl)CC1. The molecule has 0 bridgehead atoms. The van der Waals surface area contributed by atoms with Gasteiger partial charge in [0.05, 0.1) is 25.3 Å². The molecular formula is C13H17ClN4O3. The number of likely N-dealkylation sites (tertiary alicyclic amines) is 1. The Morgan fingerprint density at radius 1 is 1.38 bits per heavy atom. The fourth-order valence-electron chi connectivity index (χ4n) is 2.22. The van der Waals surface area contributed by atoms with Crippen LogP contribution in [-0.4, -0.2) is 47.1 Å². The first-order valence-corrected chi connectivity index (χ1v) is 7.05. The van der Waals surface area contributed by atoms with E-state index in [4.69, 9.17) is 16.3 Å². The third-order valence-corrected chi connectivity index (χ3v) is 3.76. The molecule has 0 aliphatic carbocycles. The van der Waals surface area contributed by atoms with Gasteiger partial charge in [-0.1, -0.05) is 11.6 Å². The second kappa shape index (κ2) is 7.21. The number of piperidine rings is 1. The normalized spacial score (nSPS) is 15.6. The Bertz CT molecular complexity index is 518. The first-order chi connectivity index (χ1) is 10.1.